The monoisotopic (exact) mass is 376 g/mol. The SMILES string of the molecule is CC=c1cccc/c1=C/C(CC)=Nc1ncnc2c1CN(CC1(C)COC1)C2. The predicted molar refractivity (Wildman–Crippen MR) is 113 cm³/mol. The van der Waals surface area contributed by atoms with Crippen LogP contribution in [0, 0.1) is 5.41 Å². The number of nitrogens with zero attached hydrogens (tertiary/aromatic N) is 4. The second kappa shape index (κ2) is 7.94. The third-order valence-electron chi connectivity index (χ3n) is 5.51. The molecule has 1 aromatic heterocycles. The van der Waals surface area contributed by atoms with Crippen LogP contribution in [-0.4, -0.2) is 40.3 Å². The van der Waals surface area contributed by atoms with E-state index in [0.717, 1.165) is 56.5 Å². The van der Waals surface area contributed by atoms with E-state index in [-0.39, 0.29) is 5.41 Å². The molecule has 2 aliphatic heterocycles. The van der Waals surface area contributed by atoms with E-state index in [1.165, 1.54) is 16.0 Å². The number of aromatic nitrogens is 2. The first-order chi connectivity index (χ1) is 13.6. The van der Waals surface area contributed by atoms with Gasteiger partial charge in [-0.3, -0.25) is 4.90 Å². The van der Waals surface area contributed by atoms with Crippen molar-refractivity contribution in [3.8, 4) is 0 Å². The van der Waals surface area contributed by atoms with Crippen LogP contribution in [0.4, 0.5) is 5.82 Å². The Labute approximate surface area is 166 Å². The van der Waals surface area contributed by atoms with Crippen molar-refractivity contribution in [1.82, 2.24) is 14.9 Å². The van der Waals surface area contributed by atoms with Crippen LogP contribution < -0.4 is 10.4 Å². The molecular formula is C23H28N4O. The highest BCUT2D eigenvalue weighted by molar-refractivity contribution is 6.11. The summed E-state index contributed by atoms with van der Waals surface area (Å²) in [5, 5.41) is 2.41. The largest absolute Gasteiger partial charge is 0.380 e. The summed E-state index contributed by atoms with van der Waals surface area (Å²) in [6.45, 7) is 10.9. The van der Waals surface area contributed by atoms with Crippen LogP contribution in [0.3, 0.4) is 0 Å². The number of benzene rings is 1. The Bertz CT molecular complexity index is 1010. The number of aliphatic imine (C=N–C) groups is 1. The third-order valence-corrected chi connectivity index (χ3v) is 5.51. The van der Waals surface area contributed by atoms with Gasteiger partial charge in [-0.1, -0.05) is 44.2 Å². The van der Waals surface area contributed by atoms with Crippen molar-refractivity contribution in [1.29, 1.82) is 0 Å². The molecule has 0 spiro atoms. The molecule has 0 radical (unpaired) electrons. The van der Waals surface area contributed by atoms with Crippen LogP contribution in [-0.2, 0) is 17.8 Å². The molecule has 1 saturated heterocycles. The van der Waals surface area contributed by atoms with E-state index in [1.54, 1.807) is 6.33 Å². The van der Waals surface area contributed by atoms with Gasteiger partial charge in [-0.05, 0) is 29.9 Å². The van der Waals surface area contributed by atoms with Crippen LogP contribution in [0.1, 0.15) is 38.4 Å². The average molecular weight is 377 g/mol. The van der Waals surface area contributed by atoms with Gasteiger partial charge >= 0.3 is 0 Å². The van der Waals surface area contributed by atoms with E-state index in [0.29, 0.717) is 0 Å². The molecule has 2 aromatic rings. The van der Waals surface area contributed by atoms with Gasteiger partial charge in [-0.25, -0.2) is 15.0 Å². The molecule has 2 aliphatic rings. The van der Waals surface area contributed by atoms with Crippen LogP contribution in [0.2, 0.25) is 0 Å². The van der Waals surface area contributed by atoms with Gasteiger partial charge in [-0.2, -0.15) is 0 Å². The lowest BCUT2D eigenvalue weighted by Crippen LogP contribution is -2.47. The molecule has 0 atom stereocenters. The fraction of sp³-hybridized carbons (Fsp3) is 0.435. The molecule has 4 rings (SSSR count). The maximum Gasteiger partial charge on any atom is 0.160 e. The van der Waals surface area contributed by atoms with Crippen molar-refractivity contribution in [2.24, 2.45) is 10.4 Å². The van der Waals surface area contributed by atoms with Crippen molar-refractivity contribution >= 4 is 23.7 Å². The van der Waals surface area contributed by atoms with Crippen molar-refractivity contribution in [3.05, 3.63) is 52.3 Å². The van der Waals surface area contributed by atoms with Crippen molar-refractivity contribution in [2.75, 3.05) is 19.8 Å². The zero-order valence-electron chi connectivity index (χ0n) is 17.0. The van der Waals surface area contributed by atoms with Crippen LogP contribution in [0.5, 0.6) is 0 Å². The fourth-order valence-corrected chi connectivity index (χ4v) is 3.95. The van der Waals surface area contributed by atoms with E-state index in [1.807, 2.05) is 0 Å². The number of rotatable bonds is 5. The van der Waals surface area contributed by atoms with Gasteiger partial charge in [0.25, 0.3) is 0 Å². The van der Waals surface area contributed by atoms with E-state index in [2.05, 4.69) is 72.1 Å². The molecule has 146 valence electrons. The normalized spacial score (nSPS) is 20.3. The summed E-state index contributed by atoms with van der Waals surface area (Å²) in [5.41, 5.74) is 3.58. The maximum atomic E-state index is 5.41. The predicted octanol–water partition coefficient (Wildman–Crippen LogP) is 2.59. The molecule has 1 aromatic carbocycles. The number of hydrogen-bond acceptors (Lipinski definition) is 5. The van der Waals surface area contributed by atoms with E-state index >= 15 is 0 Å². The summed E-state index contributed by atoms with van der Waals surface area (Å²) >= 11 is 0. The lowest BCUT2D eigenvalue weighted by molar-refractivity contribution is -0.115. The quantitative estimate of drug-likeness (QED) is 0.753. The highest BCUT2D eigenvalue weighted by atomic mass is 16.5. The smallest absolute Gasteiger partial charge is 0.160 e. The van der Waals surface area contributed by atoms with Crippen molar-refractivity contribution in [2.45, 2.75) is 40.3 Å². The summed E-state index contributed by atoms with van der Waals surface area (Å²) in [5.74, 6) is 0.813. The van der Waals surface area contributed by atoms with E-state index in [9.17, 15) is 0 Å². The standard InChI is InChI=1S/C23H28N4O/c1-4-17-8-6-7-9-18(17)10-19(5-2)26-22-20-11-27(12-21(20)24-16-25-22)13-23(3)14-28-15-23/h4,6-10,16H,5,11-15H2,1-3H3/b17-4?,18-10-,26-19?. The molecule has 0 unspecified atom stereocenters. The summed E-state index contributed by atoms with van der Waals surface area (Å²) in [7, 11) is 0. The first-order valence-electron chi connectivity index (χ1n) is 10.0. The minimum absolute atomic E-state index is 0.265. The number of hydrogen-bond donors (Lipinski definition) is 0. The van der Waals surface area contributed by atoms with E-state index in [4.69, 9.17) is 9.73 Å². The lowest BCUT2D eigenvalue weighted by atomic mass is 9.88. The Morgan fingerprint density at radius 2 is 2.00 bits per heavy atom. The lowest BCUT2D eigenvalue weighted by Gasteiger charge is -2.40. The Kier molecular flexibility index (Phi) is 5.38. The van der Waals surface area contributed by atoms with Gasteiger partial charge in [0.15, 0.2) is 5.82 Å². The van der Waals surface area contributed by atoms with E-state index < -0.39 is 0 Å². The van der Waals surface area contributed by atoms with Gasteiger partial charge in [0.2, 0.25) is 0 Å². The molecule has 0 amide bonds. The molecule has 5 heteroatoms. The Balaban J connectivity index is 1.63. The number of ether oxygens (including phenoxy) is 1. The first-order valence-corrected chi connectivity index (χ1v) is 10.0. The van der Waals surface area contributed by atoms with Crippen LogP contribution in [0.15, 0.2) is 35.6 Å². The van der Waals surface area contributed by atoms with Crippen LogP contribution in [0.25, 0.3) is 12.2 Å². The van der Waals surface area contributed by atoms with Crippen molar-refractivity contribution < 1.29 is 4.74 Å². The molecule has 0 aliphatic carbocycles. The minimum atomic E-state index is 0.265. The Morgan fingerprint density at radius 1 is 1.21 bits per heavy atom. The highest BCUT2D eigenvalue weighted by Gasteiger charge is 2.37. The Hall–Kier alpha value is -2.37. The average Bonchev–Trinajstić information content (AvgIpc) is 3.09. The zero-order chi connectivity index (χ0) is 19.6. The van der Waals surface area contributed by atoms with Gasteiger partial charge in [-0.15, -0.1) is 0 Å². The topological polar surface area (TPSA) is 50.6 Å². The van der Waals surface area contributed by atoms with Gasteiger partial charge in [0.05, 0.1) is 18.9 Å². The summed E-state index contributed by atoms with van der Waals surface area (Å²) in [6, 6.07) is 8.39. The summed E-state index contributed by atoms with van der Waals surface area (Å²) < 4.78 is 5.41. The summed E-state index contributed by atoms with van der Waals surface area (Å²) in [4.78, 5) is 16.4. The van der Waals surface area contributed by atoms with Gasteiger partial charge < -0.3 is 4.74 Å². The molecule has 3 heterocycles. The molecule has 1 fully saturated rings. The second-order valence-corrected chi connectivity index (χ2v) is 8.09. The molecule has 0 saturated carbocycles. The minimum Gasteiger partial charge on any atom is -0.380 e. The van der Waals surface area contributed by atoms with Crippen molar-refractivity contribution in [3.63, 3.8) is 0 Å². The van der Waals surface area contributed by atoms with Gasteiger partial charge in [0.1, 0.15) is 6.33 Å². The fourth-order valence-electron chi connectivity index (χ4n) is 3.95. The molecular weight excluding hydrogens is 348 g/mol. The maximum absolute atomic E-state index is 5.41. The number of fused-ring (bicyclic) bond motifs is 1. The molecule has 5 nitrogen and oxygen atoms in total. The Morgan fingerprint density at radius 3 is 2.68 bits per heavy atom. The van der Waals surface area contributed by atoms with Crippen LogP contribution >= 0.6 is 0 Å². The third kappa shape index (κ3) is 3.91. The highest BCUT2D eigenvalue weighted by Crippen LogP contribution is 2.33. The molecule has 0 N–H and O–H groups in total. The second-order valence-electron chi connectivity index (χ2n) is 8.09. The van der Waals surface area contributed by atoms with Gasteiger partial charge in [0, 0.05) is 36.3 Å². The summed E-state index contributed by atoms with van der Waals surface area (Å²) in [6.07, 6.45) is 6.81. The zero-order valence-corrected chi connectivity index (χ0v) is 17.0. The molecule has 0 bridgehead atoms. The first kappa shape index (κ1) is 19.0. The molecule has 28 heavy (non-hydrogen) atoms.